The first-order valence-electron chi connectivity index (χ1n) is 20.7. The highest BCUT2D eigenvalue weighted by Crippen LogP contribution is 2.63. The predicted molar refractivity (Wildman–Crippen MR) is 246 cm³/mol. The van der Waals surface area contributed by atoms with Gasteiger partial charge in [-0.05, 0) is 91.4 Å². The summed E-state index contributed by atoms with van der Waals surface area (Å²) in [6.45, 7) is 0. The fourth-order valence-electron chi connectivity index (χ4n) is 10.0. The zero-order valence-corrected chi connectivity index (χ0v) is 32.7. The molecule has 11 rings (SSSR count). The normalized spacial score (nSPS) is 15.6. The minimum atomic E-state index is -0.553. The van der Waals surface area contributed by atoms with Crippen molar-refractivity contribution >= 4 is 17.6 Å². The van der Waals surface area contributed by atoms with Crippen molar-refractivity contribution in [1.29, 1.82) is 0 Å². The minimum Gasteiger partial charge on any atom is -0.334 e. The summed E-state index contributed by atoms with van der Waals surface area (Å²) in [5.74, 6) is 0. The molecule has 1 aliphatic heterocycles. The number of nitrogens with zero attached hydrogens (tertiary/aromatic N) is 2. The maximum absolute atomic E-state index is 5.47. The lowest BCUT2D eigenvalue weighted by molar-refractivity contribution is 0.700. The number of hydrogen-bond acceptors (Lipinski definition) is 2. The van der Waals surface area contributed by atoms with Crippen LogP contribution in [0.2, 0.25) is 0 Å². The van der Waals surface area contributed by atoms with E-state index in [-0.39, 0.29) is 12.1 Å². The van der Waals surface area contributed by atoms with E-state index in [4.69, 9.17) is 4.99 Å². The highest BCUT2D eigenvalue weighted by molar-refractivity contribution is 6.02. The Bertz CT molecular complexity index is 2840. The molecule has 59 heavy (non-hydrogen) atoms. The lowest BCUT2D eigenvalue weighted by atomic mass is 9.64. The lowest BCUT2D eigenvalue weighted by Gasteiger charge is -2.47. The summed E-state index contributed by atoms with van der Waals surface area (Å²) in [5.41, 5.74) is 17.9. The van der Waals surface area contributed by atoms with Gasteiger partial charge in [-0.15, -0.1) is 0 Å². The largest absolute Gasteiger partial charge is 0.334 e. The summed E-state index contributed by atoms with van der Waals surface area (Å²) in [6.07, 6.45) is 12.1. The van der Waals surface area contributed by atoms with Gasteiger partial charge in [0.05, 0.1) is 17.5 Å². The standard InChI is InChI=1S/C57H42N2/c1-5-20-40(21-6-1)46-29-13-14-30-47(46)43-36-37-49-48(38-43)55-44(39-58-56(41-22-7-2-8-23-41)42-24-9-3-10-25-42)26-19-33-52(55)57(49)50-31-15-17-34-53(50)59(45-27-11-4-12-28-45)54-35-18-16-32-51(54)57/h1-27,29-39,45,56H,28H2. The van der Waals surface area contributed by atoms with Crippen molar-refractivity contribution in [3.63, 3.8) is 0 Å². The molecule has 1 unspecified atom stereocenters. The van der Waals surface area contributed by atoms with Crippen LogP contribution >= 0.6 is 0 Å². The van der Waals surface area contributed by atoms with E-state index in [9.17, 15) is 0 Å². The van der Waals surface area contributed by atoms with Crippen LogP contribution < -0.4 is 4.90 Å². The Labute approximate surface area is 346 Å². The summed E-state index contributed by atoms with van der Waals surface area (Å²) >= 11 is 0. The van der Waals surface area contributed by atoms with Crippen LogP contribution in [0.5, 0.6) is 0 Å². The molecule has 1 heterocycles. The highest BCUT2D eigenvalue weighted by Gasteiger charge is 2.52. The molecule has 2 heteroatoms. The van der Waals surface area contributed by atoms with E-state index >= 15 is 0 Å². The molecule has 3 aliphatic rings. The number of rotatable bonds is 7. The molecule has 0 fully saturated rings. The molecule has 0 N–H and O–H groups in total. The number of hydrogen-bond donors (Lipinski definition) is 0. The first-order valence-corrected chi connectivity index (χ1v) is 20.7. The van der Waals surface area contributed by atoms with E-state index in [0.717, 1.165) is 12.0 Å². The van der Waals surface area contributed by atoms with Gasteiger partial charge in [0.2, 0.25) is 0 Å². The summed E-state index contributed by atoms with van der Waals surface area (Å²) < 4.78 is 0. The number of benzene rings is 8. The Balaban J connectivity index is 1.18. The molecule has 8 aromatic carbocycles. The Morgan fingerprint density at radius 3 is 1.71 bits per heavy atom. The van der Waals surface area contributed by atoms with E-state index in [1.807, 2.05) is 0 Å². The summed E-state index contributed by atoms with van der Waals surface area (Å²) in [7, 11) is 0. The molecule has 0 radical (unpaired) electrons. The summed E-state index contributed by atoms with van der Waals surface area (Å²) in [4.78, 5) is 8.04. The Morgan fingerprint density at radius 1 is 0.492 bits per heavy atom. The zero-order chi connectivity index (χ0) is 39.2. The molecule has 0 saturated carbocycles. The summed E-state index contributed by atoms with van der Waals surface area (Å²) in [6, 6.07) is 73.3. The van der Waals surface area contributed by atoms with Gasteiger partial charge in [0.1, 0.15) is 0 Å². The second-order valence-corrected chi connectivity index (χ2v) is 15.7. The number of para-hydroxylation sites is 2. The van der Waals surface area contributed by atoms with Gasteiger partial charge in [0.15, 0.2) is 0 Å². The van der Waals surface area contributed by atoms with E-state index in [1.54, 1.807) is 0 Å². The zero-order valence-electron chi connectivity index (χ0n) is 32.7. The Hall–Kier alpha value is -7.29. The van der Waals surface area contributed by atoms with Crippen molar-refractivity contribution in [2.24, 2.45) is 4.99 Å². The number of fused-ring (bicyclic) bond motifs is 9. The molecule has 0 saturated heterocycles. The number of anilines is 2. The fraction of sp³-hybridized carbons (Fsp3) is 0.0702. The van der Waals surface area contributed by atoms with Crippen molar-refractivity contribution in [2.75, 3.05) is 4.90 Å². The third-order valence-corrected chi connectivity index (χ3v) is 12.5. The third kappa shape index (κ3) is 5.67. The van der Waals surface area contributed by atoms with Crippen LogP contribution in [-0.2, 0) is 5.41 Å². The van der Waals surface area contributed by atoms with Crippen LogP contribution in [-0.4, -0.2) is 12.3 Å². The number of allylic oxidation sites excluding steroid dienone is 2. The molecule has 1 spiro atoms. The first-order chi connectivity index (χ1) is 29.3. The van der Waals surface area contributed by atoms with Gasteiger partial charge < -0.3 is 4.90 Å². The monoisotopic (exact) mass is 754 g/mol. The Morgan fingerprint density at radius 2 is 1.07 bits per heavy atom. The van der Waals surface area contributed by atoms with Gasteiger partial charge >= 0.3 is 0 Å². The molecule has 280 valence electrons. The molecular weight excluding hydrogens is 713 g/mol. The maximum atomic E-state index is 5.47. The minimum absolute atomic E-state index is 0.144. The van der Waals surface area contributed by atoms with Gasteiger partial charge in [-0.1, -0.05) is 206 Å². The van der Waals surface area contributed by atoms with Gasteiger partial charge in [-0.2, -0.15) is 0 Å². The van der Waals surface area contributed by atoms with Crippen LogP contribution in [0.15, 0.2) is 229 Å². The number of aliphatic imine (C=N–C) groups is 1. The van der Waals surface area contributed by atoms with Crippen LogP contribution in [0, 0.1) is 0 Å². The van der Waals surface area contributed by atoms with E-state index in [1.165, 1.54) is 78.1 Å². The molecule has 0 aromatic heterocycles. The maximum Gasteiger partial charge on any atom is 0.0999 e. The average molecular weight is 755 g/mol. The lowest BCUT2D eigenvalue weighted by Crippen LogP contribution is -2.41. The van der Waals surface area contributed by atoms with Gasteiger partial charge in [-0.25, -0.2) is 0 Å². The summed E-state index contributed by atoms with van der Waals surface area (Å²) in [5, 5.41) is 0. The van der Waals surface area contributed by atoms with Crippen molar-refractivity contribution in [3.8, 4) is 33.4 Å². The van der Waals surface area contributed by atoms with Crippen LogP contribution in [0.4, 0.5) is 11.4 Å². The molecule has 0 amide bonds. The quantitative estimate of drug-likeness (QED) is 0.148. The molecule has 1 atom stereocenters. The molecule has 8 aromatic rings. The van der Waals surface area contributed by atoms with Gasteiger partial charge in [-0.3, -0.25) is 4.99 Å². The van der Waals surface area contributed by atoms with E-state index in [0.29, 0.717) is 0 Å². The van der Waals surface area contributed by atoms with Crippen LogP contribution in [0.1, 0.15) is 51.4 Å². The van der Waals surface area contributed by atoms with Crippen LogP contribution in [0.3, 0.4) is 0 Å². The van der Waals surface area contributed by atoms with Crippen molar-refractivity contribution in [1.82, 2.24) is 0 Å². The smallest absolute Gasteiger partial charge is 0.0999 e. The first kappa shape index (κ1) is 34.9. The SMILES string of the molecule is C1=CCC(N2c3ccccc3C3(c4ccc(-c5ccccc5-c5ccccc5)cc4-c4c(C=NC(c5ccccc5)c5ccccc5)cccc43)c3ccccc32)C=C1. The van der Waals surface area contributed by atoms with Crippen LogP contribution in [0.25, 0.3) is 33.4 Å². The van der Waals surface area contributed by atoms with Gasteiger partial charge in [0.25, 0.3) is 0 Å². The second kappa shape index (κ2) is 14.6. The van der Waals surface area contributed by atoms with E-state index in [2.05, 4.69) is 236 Å². The van der Waals surface area contributed by atoms with Crippen molar-refractivity contribution in [2.45, 2.75) is 23.9 Å². The Kier molecular flexibility index (Phi) is 8.63. The van der Waals surface area contributed by atoms with Crippen molar-refractivity contribution in [3.05, 3.63) is 263 Å². The average Bonchev–Trinajstić information content (AvgIpc) is 3.61. The highest BCUT2D eigenvalue weighted by atomic mass is 15.2. The predicted octanol–water partition coefficient (Wildman–Crippen LogP) is 13.9. The fourth-order valence-corrected chi connectivity index (χ4v) is 10.0. The third-order valence-electron chi connectivity index (χ3n) is 12.5. The molecular formula is C57H42N2. The van der Waals surface area contributed by atoms with Gasteiger partial charge in [0, 0.05) is 23.2 Å². The molecule has 2 aliphatic carbocycles. The topological polar surface area (TPSA) is 15.6 Å². The van der Waals surface area contributed by atoms with E-state index < -0.39 is 5.41 Å². The van der Waals surface area contributed by atoms with Crippen molar-refractivity contribution < 1.29 is 0 Å². The molecule has 0 bridgehead atoms. The second-order valence-electron chi connectivity index (χ2n) is 15.7. The molecule has 2 nitrogen and oxygen atoms in total.